The molecular weight excluding hydrogens is 386 g/mol. The van der Waals surface area contributed by atoms with Gasteiger partial charge in [-0.05, 0) is 19.1 Å². The minimum atomic E-state index is -0.226. The maximum atomic E-state index is 12.4. The first-order valence-electron chi connectivity index (χ1n) is 8.99. The summed E-state index contributed by atoms with van der Waals surface area (Å²) >= 11 is 1.52. The van der Waals surface area contributed by atoms with Crippen LogP contribution in [0.25, 0.3) is 22.0 Å². The molecule has 0 fully saturated rings. The van der Waals surface area contributed by atoms with E-state index in [2.05, 4.69) is 25.5 Å². The van der Waals surface area contributed by atoms with Crippen molar-refractivity contribution in [2.45, 2.75) is 13.3 Å². The molecule has 4 aromatic rings. The van der Waals surface area contributed by atoms with Gasteiger partial charge in [-0.15, -0.1) is 16.4 Å². The van der Waals surface area contributed by atoms with Gasteiger partial charge in [0.05, 0.1) is 24.8 Å². The van der Waals surface area contributed by atoms with Crippen LogP contribution in [0.1, 0.15) is 11.3 Å². The van der Waals surface area contributed by atoms with Crippen molar-refractivity contribution < 1.29 is 9.53 Å². The predicted molar refractivity (Wildman–Crippen MR) is 113 cm³/mol. The Kier molecular flexibility index (Phi) is 5.35. The minimum absolute atomic E-state index is 0.154. The van der Waals surface area contributed by atoms with E-state index in [0.29, 0.717) is 17.3 Å². The molecule has 2 aromatic carbocycles. The van der Waals surface area contributed by atoms with Gasteiger partial charge >= 0.3 is 0 Å². The lowest BCUT2D eigenvalue weighted by Gasteiger charge is -2.04. The van der Waals surface area contributed by atoms with Gasteiger partial charge in [0.25, 0.3) is 0 Å². The number of nitrogens with one attached hydrogen (secondary N) is 2. The Bertz CT molecular complexity index is 1130. The number of anilines is 1. The number of ether oxygens (including phenoxy) is 1. The summed E-state index contributed by atoms with van der Waals surface area (Å²) in [7, 11) is 1.59. The third-order valence-electron chi connectivity index (χ3n) is 4.29. The van der Waals surface area contributed by atoms with Crippen molar-refractivity contribution in [1.29, 1.82) is 0 Å². The second kappa shape index (κ2) is 8.24. The normalized spacial score (nSPS) is 10.7. The number of para-hydroxylation sites is 1. The van der Waals surface area contributed by atoms with Crippen LogP contribution in [0.4, 0.5) is 5.95 Å². The zero-order chi connectivity index (χ0) is 20.2. The molecule has 29 heavy (non-hydrogen) atoms. The number of amides is 1. The number of thiazole rings is 1. The van der Waals surface area contributed by atoms with Crippen LogP contribution >= 0.6 is 11.3 Å². The molecule has 0 aliphatic rings. The molecule has 0 radical (unpaired) electrons. The fourth-order valence-corrected chi connectivity index (χ4v) is 3.65. The van der Waals surface area contributed by atoms with Gasteiger partial charge in [0.2, 0.25) is 11.9 Å². The summed E-state index contributed by atoms with van der Waals surface area (Å²) in [4.78, 5) is 21.3. The SMILES string of the molecule is COc1ccccc1-c1nc(NC(=O)Cc2csc(-c3ccc(C)cc3)n2)n[nH]1. The van der Waals surface area contributed by atoms with Gasteiger partial charge in [0.15, 0.2) is 5.82 Å². The summed E-state index contributed by atoms with van der Waals surface area (Å²) in [6.45, 7) is 2.05. The molecule has 7 nitrogen and oxygen atoms in total. The molecular formula is C21H19N5O2S. The number of hydrogen-bond acceptors (Lipinski definition) is 6. The van der Waals surface area contributed by atoms with Crippen LogP contribution in [-0.2, 0) is 11.2 Å². The van der Waals surface area contributed by atoms with Crippen molar-refractivity contribution in [2.75, 3.05) is 12.4 Å². The lowest BCUT2D eigenvalue weighted by atomic mass is 10.2. The quantitative estimate of drug-likeness (QED) is 0.504. The highest BCUT2D eigenvalue weighted by Crippen LogP contribution is 2.27. The van der Waals surface area contributed by atoms with Crippen LogP contribution in [0.3, 0.4) is 0 Å². The Morgan fingerprint density at radius 2 is 1.93 bits per heavy atom. The van der Waals surface area contributed by atoms with Crippen molar-refractivity contribution in [3.8, 4) is 27.7 Å². The number of carbonyl (C=O) groups excluding carboxylic acids is 1. The number of rotatable bonds is 6. The highest BCUT2D eigenvalue weighted by molar-refractivity contribution is 7.13. The summed E-state index contributed by atoms with van der Waals surface area (Å²) < 4.78 is 5.33. The van der Waals surface area contributed by atoms with Crippen molar-refractivity contribution in [1.82, 2.24) is 20.2 Å². The second-order valence-electron chi connectivity index (χ2n) is 6.44. The van der Waals surface area contributed by atoms with E-state index in [4.69, 9.17) is 4.74 Å². The van der Waals surface area contributed by atoms with Gasteiger partial charge in [-0.1, -0.05) is 42.0 Å². The van der Waals surface area contributed by atoms with Crippen LogP contribution in [0.5, 0.6) is 5.75 Å². The molecule has 2 heterocycles. The van der Waals surface area contributed by atoms with Crippen LogP contribution in [0, 0.1) is 6.92 Å². The third-order valence-corrected chi connectivity index (χ3v) is 5.23. The second-order valence-corrected chi connectivity index (χ2v) is 7.30. The Hall–Kier alpha value is -3.52. The molecule has 0 aliphatic heterocycles. The lowest BCUT2D eigenvalue weighted by Crippen LogP contribution is -2.15. The fraction of sp³-hybridized carbons (Fsp3) is 0.143. The average Bonchev–Trinajstić information content (AvgIpc) is 3.38. The molecule has 0 atom stereocenters. The molecule has 0 saturated heterocycles. The summed E-state index contributed by atoms with van der Waals surface area (Å²) in [5.74, 6) is 1.18. The lowest BCUT2D eigenvalue weighted by molar-refractivity contribution is -0.115. The molecule has 146 valence electrons. The van der Waals surface area contributed by atoms with Crippen molar-refractivity contribution in [3.05, 3.63) is 65.2 Å². The Morgan fingerprint density at radius 1 is 1.14 bits per heavy atom. The molecule has 0 aliphatic carbocycles. The Morgan fingerprint density at radius 3 is 2.72 bits per heavy atom. The number of aromatic nitrogens is 4. The van der Waals surface area contributed by atoms with Gasteiger partial charge in [-0.2, -0.15) is 4.98 Å². The number of aryl methyl sites for hydroxylation is 1. The molecule has 0 spiro atoms. The molecule has 2 N–H and O–H groups in total. The Labute approximate surface area is 171 Å². The van der Waals surface area contributed by atoms with Crippen molar-refractivity contribution in [2.24, 2.45) is 0 Å². The van der Waals surface area contributed by atoms with Crippen LogP contribution < -0.4 is 10.1 Å². The van der Waals surface area contributed by atoms with E-state index in [1.165, 1.54) is 16.9 Å². The average molecular weight is 405 g/mol. The predicted octanol–water partition coefficient (Wildman–Crippen LogP) is 4.09. The number of hydrogen-bond donors (Lipinski definition) is 2. The van der Waals surface area contributed by atoms with E-state index in [9.17, 15) is 4.79 Å². The van der Waals surface area contributed by atoms with Gasteiger partial charge < -0.3 is 4.74 Å². The van der Waals surface area contributed by atoms with Crippen LogP contribution in [-0.4, -0.2) is 33.2 Å². The minimum Gasteiger partial charge on any atom is -0.496 e. The maximum Gasteiger partial charge on any atom is 0.249 e. The molecule has 8 heteroatoms. The van der Waals surface area contributed by atoms with E-state index < -0.39 is 0 Å². The number of benzene rings is 2. The number of aromatic amines is 1. The number of H-pyrrole nitrogens is 1. The van der Waals surface area contributed by atoms with Gasteiger partial charge in [0, 0.05) is 10.9 Å². The molecule has 0 saturated carbocycles. The first-order valence-corrected chi connectivity index (χ1v) is 9.87. The smallest absolute Gasteiger partial charge is 0.249 e. The molecule has 1 amide bonds. The highest BCUT2D eigenvalue weighted by atomic mass is 32.1. The standard InChI is InChI=1S/C21H19N5O2S/c1-13-7-9-14(10-8-13)20-22-15(12-29-20)11-18(27)23-21-24-19(25-26-21)16-5-3-4-6-17(16)28-2/h3-10,12H,11H2,1-2H3,(H2,23,24,25,26,27). The Balaban J connectivity index is 1.42. The number of carbonyl (C=O) groups is 1. The van der Waals surface area contributed by atoms with Gasteiger partial charge in [-0.25, -0.2) is 4.98 Å². The molecule has 0 unspecified atom stereocenters. The molecule has 0 bridgehead atoms. The monoisotopic (exact) mass is 405 g/mol. The van der Waals surface area contributed by atoms with Gasteiger partial charge in [0.1, 0.15) is 10.8 Å². The van der Waals surface area contributed by atoms with Gasteiger partial charge in [-0.3, -0.25) is 15.2 Å². The first-order chi connectivity index (χ1) is 14.1. The highest BCUT2D eigenvalue weighted by Gasteiger charge is 2.14. The van der Waals surface area contributed by atoms with Crippen LogP contribution in [0.15, 0.2) is 53.9 Å². The van der Waals surface area contributed by atoms with E-state index in [-0.39, 0.29) is 18.3 Å². The topological polar surface area (TPSA) is 92.8 Å². The first kappa shape index (κ1) is 18.8. The molecule has 2 aromatic heterocycles. The van der Waals surface area contributed by atoms with E-state index in [1.54, 1.807) is 7.11 Å². The number of nitrogens with zero attached hydrogens (tertiary/aromatic N) is 3. The maximum absolute atomic E-state index is 12.4. The van der Waals surface area contributed by atoms with Crippen LogP contribution in [0.2, 0.25) is 0 Å². The van der Waals surface area contributed by atoms with Crippen molar-refractivity contribution in [3.63, 3.8) is 0 Å². The third kappa shape index (κ3) is 4.33. The zero-order valence-electron chi connectivity index (χ0n) is 16.0. The zero-order valence-corrected chi connectivity index (χ0v) is 16.8. The number of methoxy groups -OCH3 is 1. The van der Waals surface area contributed by atoms with E-state index >= 15 is 0 Å². The summed E-state index contributed by atoms with van der Waals surface area (Å²) in [5, 5.41) is 12.4. The summed E-state index contributed by atoms with van der Waals surface area (Å²) in [6.07, 6.45) is 0.154. The summed E-state index contributed by atoms with van der Waals surface area (Å²) in [6, 6.07) is 15.6. The van der Waals surface area contributed by atoms with E-state index in [1.807, 2.05) is 60.8 Å². The summed E-state index contributed by atoms with van der Waals surface area (Å²) in [5.41, 5.74) is 3.72. The fourth-order valence-electron chi connectivity index (χ4n) is 2.83. The van der Waals surface area contributed by atoms with E-state index in [0.717, 1.165) is 16.1 Å². The molecule has 4 rings (SSSR count). The van der Waals surface area contributed by atoms with Crippen molar-refractivity contribution >= 4 is 23.2 Å². The largest absolute Gasteiger partial charge is 0.496 e.